The Balaban J connectivity index is 1.50. The van der Waals surface area contributed by atoms with Crippen molar-refractivity contribution < 1.29 is 4.79 Å². The van der Waals surface area contributed by atoms with Gasteiger partial charge in [-0.25, -0.2) is 4.98 Å². The average molecular weight is 376 g/mol. The van der Waals surface area contributed by atoms with Crippen LogP contribution >= 0.6 is 0 Å². The molecule has 28 heavy (non-hydrogen) atoms. The standard InChI is InChI=1S/C22H24N4O2/c1-2-15-9-11-17(12-10-15)23-21(27)16-6-5-13-26(14-16)20-22(28)25-19-8-4-3-7-18(19)24-20/h3-4,7-12,16H,2,5-6,13-14H2,1H3,(H,23,27)(H,25,28)/t16-/m1/s1. The van der Waals surface area contributed by atoms with Crippen molar-refractivity contribution in [1.82, 2.24) is 9.97 Å². The molecule has 2 aromatic carbocycles. The van der Waals surface area contributed by atoms with Crippen LogP contribution in [0.3, 0.4) is 0 Å². The van der Waals surface area contributed by atoms with Crippen molar-refractivity contribution in [3.8, 4) is 0 Å². The first-order valence-electron chi connectivity index (χ1n) is 9.78. The Morgan fingerprint density at radius 1 is 1.21 bits per heavy atom. The van der Waals surface area contributed by atoms with Crippen molar-refractivity contribution >= 4 is 28.4 Å². The maximum absolute atomic E-state index is 12.8. The van der Waals surface area contributed by atoms with Gasteiger partial charge in [-0.3, -0.25) is 9.59 Å². The molecule has 2 N–H and O–H groups in total. The number of aromatic nitrogens is 2. The number of amides is 1. The van der Waals surface area contributed by atoms with E-state index in [9.17, 15) is 9.59 Å². The van der Waals surface area contributed by atoms with Crippen LogP contribution in [0.15, 0.2) is 53.3 Å². The molecule has 0 spiro atoms. The zero-order chi connectivity index (χ0) is 19.5. The van der Waals surface area contributed by atoms with Crippen molar-refractivity contribution in [3.05, 3.63) is 64.4 Å². The van der Waals surface area contributed by atoms with Gasteiger partial charge in [-0.1, -0.05) is 31.2 Å². The van der Waals surface area contributed by atoms with Crippen LogP contribution in [0.2, 0.25) is 0 Å². The van der Waals surface area contributed by atoms with Gasteiger partial charge >= 0.3 is 0 Å². The fourth-order valence-electron chi connectivity index (χ4n) is 3.69. The van der Waals surface area contributed by atoms with Gasteiger partial charge in [0.15, 0.2) is 5.82 Å². The third-order valence-corrected chi connectivity index (χ3v) is 5.30. The molecule has 0 bridgehead atoms. The van der Waals surface area contributed by atoms with Crippen molar-refractivity contribution in [2.45, 2.75) is 26.2 Å². The Morgan fingerprint density at radius 2 is 2.00 bits per heavy atom. The largest absolute Gasteiger partial charge is 0.351 e. The van der Waals surface area contributed by atoms with Crippen LogP contribution in [-0.2, 0) is 11.2 Å². The number of H-pyrrole nitrogens is 1. The monoisotopic (exact) mass is 376 g/mol. The van der Waals surface area contributed by atoms with Crippen LogP contribution < -0.4 is 15.8 Å². The number of anilines is 2. The number of rotatable bonds is 4. The molecule has 1 amide bonds. The first-order chi connectivity index (χ1) is 13.6. The van der Waals surface area contributed by atoms with E-state index >= 15 is 0 Å². The maximum atomic E-state index is 12.8. The number of para-hydroxylation sites is 2. The van der Waals surface area contributed by atoms with Gasteiger partial charge in [0.25, 0.3) is 5.56 Å². The summed E-state index contributed by atoms with van der Waals surface area (Å²) in [4.78, 5) is 34.6. The summed E-state index contributed by atoms with van der Waals surface area (Å²) in [6.07, 6.45) is 2.63. The number of hydrogen-bond donors (Lipinski definition) is 2. The molecule has 1 aromatic heterocycles. The first-order valence-corrected chi connectivity index (χ1v) is 9.78. The maximum Gasteiger partial charge on any atom is 0.291 e. The van der Waals surface area contributed by atoms with Crippen LogP contribution in [0.25, 0.3) is 11.0 Å². The smallest absolute Gasteiger partial charge is 0.291 e. The lowest BCUT2D eigenvalue weighted by molar-refractivity contribution is -0.120. The van der Waals surface area contributed by atoms with Gasteiger partial charge in [0.1, 0.15) is 0 Å². The molecule has 4 rings (SSSR count). The van der Waals surface area contributed by atoms with E-state index in [1.165, 1.54) is 5.56 Å². The molecule has 0 aliphatic carbocycles. The van der Waals surface area contributed by atoms with E-state index in [0.29, 0.717) is 12.4 Å². The topological polar surface area (TPSA) is 78.1 Å². The highest BCUT2D eigenvalue weighted by atomic mass is 16.2. The molecule has 2 heterocycles. The predicted octanol–water partition coefficient (Wildman–Crippen LogP) is 3.34. The number of carbonyl (C=O) groups is 1. The third-order valence-electron chi connectivity index (χ3n) is 5.30. The molecule has 0 unspecified atom stereocenters. The van der Waals surface area contributed by atoms with Gasteiger partial charge in [-0.15, -0.1) is 0 Å². The number of hydrogen-bond acceptors (Lipinski definition) is 4. The summed E-state index contributed by atoms with van der Waals surface area (Å²) in [7, 11) is 0. The van der Waals surface area contributed by atoms with Gasteiger partial charge in [0, 0.05) is 18.8 Å². The minimum absolute atomic E-state index is 0.00818. The van der Waals surface area contributed by atoms with E-state index in [4.69, 9.17) is 0 Å². The Hall–Kier alpha value is -3.15. The Morgan fingerprint density at radius 3 is 2.79 bits per heavy atom. The number of piperidine rings is 1. The number of nitrogens with one attached hydrogen (secondary N) is 2. The van der Waals surface area contributed by atoms with Crippen molar-refractivity contribution in [3.63, 3.8) is 0 Å². The van der Waals surface area contributed by atoms with Crippen LogP contribution in [-0.4, -0.2) is 29.0 Å². The molecule has 1 aliphatic rings. The molecule has 3 aromatic rings. The van der Waals surface area contributed by atoms with Gasteiger partial charge in [-0.2, -0.15) is 0 Å². The lowest BCUT2D eigenvalue weighted by Crippen LogP contribution is -2.43. The minimum atomic E-state index is -0.213. The fourth-order valence-corrected chi connectivity index (χ4v) is 3.69. The molecule has 6 nitrogen and oxygen atoms in total. The number of aryl methyl sites for hydroxylation is 1. The summed E-state index contributed by atoms with van der Waals surface area (Å²) >= 11 is 0. The zero-order valence-electron chi connectivity index (χ0n) is 15.9. The van der Waals surface area contributed by atoms with E-state index < -0.39 is 0 Å². The van der Waals surface area contributed by atoms with Crippen molar-refractivity contribution in [2.75, 3.05) is 23.3 Å². The summed E-state index contributed by atoms with van der Waals surface area (Å²) in [6, 6.07) is 15.4. The third kappa shape index (κ3) is 3.76. The predicted molar refractivity (Wildman–Crippen MR) is 112 cm³/mol. The van der Waals surface area contributed by atoms with Gasteiger partial charge in [0.05, 0.1) is 17.0 Å². The lowest BCUT2D eigenvalue weighted by atomic mass is 9.97. The van der Waals surface area contributed by atoms with Gasteiger partial charge in [0.2, 0.25) is 5.91 Å². The second-order valence-electron chi connectivity index (χ2n) is 7.23. The summed E-state index contributed by atoms with van der Waals surface area (Å²) in [6.45, 7) is 3.32. The minimum Gasteiger partial charge on any atom is -0.351 e. The molecule has 1 saturated heterocycles. The van der Waals surface area contributed by atoms with E-state index in [1.807, 2.05) is 53.4 Å². The lowest BCUT2D eigenvalue weighted by Gasteiger charge is -2.32. The molecule has 1 aliphatic heterocycles. The van der Waals surface area contributed by atoms with E-state index in [-0.39, 0.29) is 17.4 Å². The van der Waals surface area contributed by atoms with Gasteiger partial charge in [-0.05, 0) is 49.1 Å². The summed E-state index contributed by atoms with van der Waals surface area (Å²) in [5.74, 6) is 0.210. The molecular weight excluding hydrogens is 352 g/mol. The molecule has 0 radical (unpaired) electrons. The Kier molecular flexibility index (Phi) is 5.10. The van der Waals surface area contributed by atoms with Crippen LogP contribution in [0, 0.1) is 5.92 Å². The molecule has 1 atom stereocenters. The highest BCUT2D eigenvalue weighted by Crippen LogP contribution is 2.22. The normalized spacial score (nSPS) is 16.9. The van der Waals surface area contributed by atoms with E-state index in [1.54, 1.807) is 0 Å². The second-order valence-corrected chi connectivity index (χ2v) is 7.23. The molecule has 144 valence electrons. The van der Waals surface area contributed by atoms with E-state index in [0.717, 1.165) is 42.5 Å². The van der Waals surface area contributed by atoms with Crippen LogP contribution in [0.5, 0.6) is 0 Å². The molecular formula is C22H24N4O2. The summed E-state index contributed by atoms with van der Waals surface area (Å²) in [5, 5.41) is 3.01. The highest BCUT2D eigenvalue weighted by molar-refractivity contribution is 5.93. The number of fused-ring (bicyclic) bond motifs is 1. The molecule has 0 saturated carbocycles. The molecule has 6 heteroatoms. The molecule has 1 fully saturated rings. The van der Waals surface area contributed by atoms with Gasteiger partial charge < -0.3 is 15.2 Å². The first kappa shape index (κ1) is 18.2. The summed E-state index contributed by atoms with van der Waals surface area (Å²) < 4.78 is 0. The van der Waals surface area contributed by atoms with Crippen LogP contribution in [0.1, 0.15) is 25.3 Å². The number of benzene rings is 2. The second kappa shape index (κ2) is 7.84. The number of carbonyl (C=O) groups excluding carboxylic acids is 1. The van der Waals surface area contributed by atoms with Crippen LogP contribution in [0.4, 0.5) is 11.5 Å². The van der Waals surface area contributed by atoms with E-state index in [2.05, 4.69) is 22.2 Å². The summed E-state index contributed by atoms with van der Waals surface area (Å²) in [5.41, 5.74) is 3.30. The SMILES string of the molecule is CCc1ccc(NC(=O)[C@@H]2CCCN(c3nc4ccccc4[nH]c3=O)C2)cc1. The highest BCUT2D eigenvalue weighted by Gasteiger charge is 2.28. The Bertz CT molecular complexity index is 1040. The quantitative estimate of drug-likeness (QED) is 0.732. The number of aromatic amines is 1. The van der Waals surface area contributed by atoms with Crippen molar-refractivity contribution in [2.24, 2.45) is 5.92 Å². The fraction of sp³-hybridized carbons (Fsp3) is 0.318. The Labute approximate surface area is 163 Å². The van der Waals surface area contributed by atoms with Crippen molar-refractivity contribution in [1.29, 1.82) is 0 Å². The zero-order valence-corrected chi connectivity index (χ0v) is 15.9. The number of nitrogens with zero attached hydrogens (tertiary/aromatic N) is 2. The average Bonchev–Trinajstić information content (AvgIpc) is 2.74.